The Balaban J connectivity index is 2.06. The average Bonchev–Trinajstić information content (AvgIpc) is 2.24. The Morgan fingerprint density at radius 2 is 2.07 bits per heavy atom. The second kappa shape index (κ2) is 3.25. The van der Waals surface area contributed by atoms with Crippen molar-refractivity contribution < 1.29 is 0 Å². The number of allylic oxidation sites excluding steroid dienone is 4. The van der Waals surface area contributed by atoms with Crippen LogP contribution >= 0.6 is 0 Å². The molecule has 0 aromatic carbocycles. The van der Waals surface area contributed by atoms with E-state index >= 15 is 0 Å². The Hall–Kier alpha value is -0.520. The number of rotatable bonds is 0. The van der Waals surface area contributed by atoms with E-state index in [2.05, 4.69) is 13.0 Å². The van der Waals surface area contributed by atoms with Gasteiger partial charge in [-0.2, -0.15) is 0 Å². The monoisotopic (exact) mass is 188 g/mol. The standard InChI is InChI=1S/C14H20/c1-10-8-9-12-5-2-4-11-6-3-7-13(10)14(11)12/h6,10,12H,2-5,7-9H2,1H3. The minimum atomic E-state index is 0.892. The first-order chi connectivity index (χ1) is 6.86. The summed E-state index contributed by atoms with van der Waals surface area (Å²) < 4.78 is 0. The fraction of sp³-hybridized carbons (Fsp3) is 0.714. The highest BCUT2D eigenvalue weighted by Crippen LogP contribution is 2.48. The van der Waals surface area contributed by atoms with Crippen molar-refractivity contribution in [2.45, 2.75) is 51.9 Å². The van der Waals surface area contributed by atoms with Gasteiger partial charge in [0, 0.05) is 0 Å². The van der Waals surface area contributed by atoms with Crippen LogP contribution in [0.1, 0.15) is 51.9 Å². The van der Waals surface area contributed by atoms with Crippen LogP contribution in [-0.4, -0.2) is 0 Å². The highest BCUT2D eigenvalue weighted by atomic mass is 14.4. The molecule has 0 heterocycles. The van der Waals surface area contributed by atoms with Crippen LogP contribution in [-0.2, 0) is 0 Å². The quantitative estimate of drug-likeness (QED) is 0.533. The van der Waals surface area contributed by atoms with Crippen molar-refractivity contribution in [2.24, 2.45) is 11.8 Å². The average molecular weight is 188 g/mol. The molecule has 0 heteroatoms. The zero-order valence-corrected chi connectivity index (χ0v) is 9.18. The summed E-state index contributed by atoms with van der Waals surface area (Å²) in [5, 5.41) is 0. The van der Waals surface area contributed by atoms with Crippen molar-refractivity contribution in [3.05, 3.63) is 22.8 Å². The molecule has 3 aliphatic rings. The molecule has 1 saturated carbocycles. The molecule has 0 aliphatic heterocycles. The maximum Gasteiger partial charge on any atom is -0.0159 e. The van der Waals surface area contributed by atoms with Gasteiger partial charge in [0.2, 0.25) is 0 Å². The summed E-state index contributed by atoms with van der Waals surface area (Å²) in [5.74, 6) is 1.85. The molecule has 0 saturated heterocycles. The maximum atomic E-state index is 2.53. The molecule has 2 atom stereocenters. The SMILES string of the molecule is CC1CCC2CCCC3=CCCC1=C32. The molecule has 0 aromatic rings. The molecule has 76 valence electrons. The van der Waals surface area contributed by atoms with Crippen LogP contribution in [0.2, 0.25) is 0 Å². The summed E-state index contributed by atoms with van der Waals surface area (Å²) in [5.41, 5.74) is 5.42. The second-order valence-corrected chi connectivity index (χ2v) is 5.27. The van der Waals surface area contributed by atoms with E-state index in [9.17, 15) is 0 Å². The van der Waals surface area contributed by atoms with Crippen LogP contribution in [0.15, 0.2) is 22.8 Å². The predicted octanol–water partition coefficient (Wildman–Crippen LogP) is 4.23. The van der Waals surface area contributed by atoms with Gasteiger partial charge in [0.1, 0.15) is 0 Å². The molecule has 0 aromatic heterocycles. The predicted molar refractivity (Wildman–Crippen MR) is 60.1 cm³/mol. The van der Waals surface area contributed by atoms with E-state index in [4.69, 9.17) is 0 Å². The van der Waals surface area contributed by atoms with Crippen molar-refractivity contribution in [1.82, 2.24) is 0 Å². The van der Waals surface area contributed by atoms with Gasteiger partial charge in [0.05, 0.1) is 0 Å². The first-order valence-electron chi connectivity index (χ1n) is 6.28. The summed E-state index contributed by atoms with van der Waals surface area (Å²) in [6.45, 7) is 2.44. The van der Waals surface area contributed by atoms with Crippen LogP contribution in [0.4, 0.5) is 0 Å². The Bertz CT molecular complexity index is 306. The molecule has 0 nitrogen and oxygen atoms in total. The Labute approximate surface area is 87.1 Å². The first-order valence-corrected chi connectivity index (χ1v) is 6.28. The fourth-order valence-corrected chi connectivity index (χ4v) is 3.72. The lowest BCUT2D eigenvalue weighted by molar-refractivity contribution is 0.376. The van der Waals surface area contributed by atoms with E-state index in [1.807, 2.05) is 11.1 Å². The van der Waals surface area contributed by atoms with Crippen molar-refractivity contribution in [2.75, 3.05) is 0 Å². The molecule has 2 unspecified atom stereocenters. The molecular weight excluding hydrogens is 168 g/mol. The lowest BCUT2D eigenvalue weighted by atomic mass is 9.66. The summed E-state index contributed by atoms with van der Waals surface area (Å²) in [7, 11) is 0. The van der Waals surface area contributed by atoms with Crippen LogP contribution in [0.3, 0.4) is 0 Å². The van der Waals surface area contributed by atoms with Gasteiger partial charge in [-0.3, -0.25) is 0 Å². The largest absolute Gasteiger partial charge is 0.0807 e. The molecule has 0 spiro atoms. The van der Waals surface area contributed by atoms with E-state index < -0.39 is 0 Å². The zero-order chi connectivity index (χ0) is 9.54. The van der Waals surface area contributed by atoms with Crippen LogP contribution < -0.4 is 0 Å². The molecule has 0 bridgehead atoms. The molecule has 14 heavy (non-hydrogen) atoms. The van der Waals surface area contributed by atoms with Crippen molar-refractivity contribution >= 4 is 0 Å². The highest BCUT2D eigenvalue weighted by Gasteiger charge is 2.32. The van der Waals surface area contributed by atoms with Crippen LogP contribution in [0, 0.1) is 11.8 Å². The molecule has 0 radical (unpaired) electrons. The van der Waals surface area contributed by atoms with Crippen LogP contribution in [0.5, 0.6) is 0 Å². The topological polar surface area (TPSA) is 0 Å². The fourth-order valence-electron chi connectivity index (χ4n) is 3.72. The van der Waals surface area contributed by atoms with E-state index in [0.29, 0.717) is 0 Å². The Morgan fingerprint density at radius 3 is 3.00 bits per heavy atom. The van der Waals surface area contributed by atoms with E-state index in [-0.39, 0.29) is 0 Å². The van der Waals surface area contributed by atoms with Gasteiger partial charge in [-0.05, 0) is 67.9 Å². The van der Waals surface area contributed by atoms with E-state index in [1.54, 1.807) is 5.57 Å². The lowest BCUT2D eigenvalue weighted by Crippen LogP contribution is -2.24. The molecule has 3 aliphatic carbocycles. The molecule has 1 fully saturated rings. The summed E-state index contributed by atoms with van der Waals surface area (Å²) in [4.78, 5) is 0. The van der Waals surface area contributed by atoms with Gasteiger partial charge in [0.25, 0.3) is 0 Å². The van der Waals surface area contributed by atoms with E-state index in [0.717, 1.165) is 11.8 Å². The van der Waals surface area contributed by atoms with E-state index in [1.165, 1.54) is 44.9 Å². The number of hydrogen-bond donors (Lipinski definition) is 0. The summed E-state index contributed by atoms with van der Waals surface area (Å²) >= 11 is 0. The third-order valence-electron chi connectivity index (χ3n) is 4.45. The van der Waals surface area contributed by atoms with Crippen molar-refractivity contribution in [3.8, 4) is 0 Å². The smallest absolute Gasteiger partial charge is 0.0159 e. The third kappa shape index (κ3) is 1.20. The van der Waals surface area contributed by atoms with Crippen molar-refractivity contribution in [3.63, 3.8) is 0 Å². The second-order valence-electron chi connectivity index (χ2n) is 5.27. The third-order valence-corrected chi connectivity index (χ3v) is 4.45. The molecule has 3 rings (SSSR count). The lowest BCUT2D eigenvalue weighted by Gasteiger charge is -2.39. The molecule has 0 amide bonds. The first kappa shape index (κ1) is 8.76. The van der Waals surface area contributed by atoms with Crippen molar-refractivity contribution in [1.29, 1.82) is 0 Å². The maximum absolute atomic E-state index is 2.53. The molecular formula is C14H20. The molecule has 0 N–H and O–H groups in total. The van der Waals surface area contributed by atoms with Crippen LogP contribution in [0.25, 0.3) is 0 Å². The van der Waals surface area contributed by atoms with Gasteiger partial charge in [0.15, 0.2) is 0 Å². The normalized spacial score (nSPS) is 36.5. The van der Waals surface area contributed by atoms with Gasteiger partial charge in [-0.25, -0.2) is 0 Å². The van der Waals surface area contributed by atoms with Gasteiger partial charge in [-0.1, -0.05) is 18.6 Å². The number of hydrogen-bond acceptors (Lipinski definition) is 0. The Kier molecular flexibility index (Phi) is 2.04. The van der Waals surface area contributed by atoms with Gasteiger partial charge < -0.3 is 0 Å². The Morgan fingerprint density at radius 1 is 1.14 bits per heavy atom. The van der Waals surface area contributed by atoms with Gasteiger partial charge in [-0.15, -0.1) is 0 Å². The van der Waals surface area contributed by atoms with Gasteiger partial charge >= 0.3 is 0 Å². The summed E-state index contributed by atoms with van der Waals surface area (Å²) in [6.07, 6.45) is 12.4. The summed E-state index contributed by atoms with van der Waals surface area (Å²) in [6, 6.07) is 0. The minimum Gasteiger partial charge on any atom is -0.0807 e. The zero-order valence-electron chi connectivity index (χ0n) is 9.18. The minimum absolute atomic E-state index is 0.892. The highest BCUT2D eigenvalue weighted by molar-refractivity contribution is 5.43.